The van der Waals surface area contributed by atoms with Gasteiger partial charge in [0.05, 0.1) is 18.7 Å². The fourth-order valence-corrected chi connectivity index (χ4v) is 1.95. The van der Waals surface area contributed by atoms with Gasteiger partial charge in [0.2, 0.25) is 0 Å². The summed E-state index contributed by atoms with van der Waals surface area (Å²) in [6, 6.07) is 2.21. The summed E-state index contributed by atoms with van der Waals surface area (Å²) in [6.07, 6.45) is 5.95. The molecular formula is C21H34N2O. The van der Waals surface area contributed by atoms with Crippen molar-refractivity contribution >= 4 is 0 Å². The Morgan fingerprint density at radius 3 is 2.46 bits per heavy atom. The van der Waals surface area contributed by atoms with Crippen molar-refractivity contribution in [2.24, 2.45) is 5.92 Å². The number of nitrogens with zero attached hydrogens (tertiary/aromatic N) is 2. The van der Waals surface area contributed by atoms with E-state index in [4.69, 9.17) is 10.00 Å². The van der Waals surface area contributed by atoms with Crippen molar-refractivity contribution in [1.82, 2.24) is 4.90 Å². The highest BCUT2D eigenvalue weighted by Crippen LogP contribution is 2.02. The van der Waals surface area contributed by atoms with Crippen molar-refractivity contribution in [2.75, 3.05) is 26.2 Å². The first kappa shape index (κ1) is 22.5. The zero-order chi connectivity index (χ0) is 18.0. The van der Waals surface area contributed by atoms with E-state index >= 15 is 0 Å². The molecule has 3 heteroatoms. The van der Waals surface area contributed by atoms with Crippen LogP contribution in [0.2, 0.25) is 0 Å². The SMILES string of the molecule is CCCCC#CC[C@H](C)OCC#CCN(CCC#N)CCC(C)C. The van der Waals surface area contributed by atoms with E-state index in [9.17, 15) is 0 Å². The third kappa shape index (κ3) is 15.4. The summed E-state index contributed by atoms with van der Waals surface area (Å²) < 4.78 is 5.66. The number of hydrogen-bond donors (Lipinski definition) is 0. The maximum atomic E-state index is 8.74. The molecule has 0 saturated carbocycles. The Morgan fingerprint density at radius 2 is 1.79 bits per heavy atom. The molecule has 0 aromatic carbocycles. The van der Waals surface area contributed by atoms with Crippen molar-refractivity contribution in [3.8, 4) is 29.8 Å². The summed E-state index contributed by atoms with van der Waals surface area (Å²) in [4.78, 5) is 2.25. The predicted octanol–water partition coefficient (Wildman–Crippen LogP) is 4.24. The highest BCUT2D eigenvalue weighted by Gasteiger charge is 2.04. The molecule has 0 spiro atoms. The van der Waals surface area contributed by atoms with E-state index in [1.807, 2.05) is 6.92 Å². The van der Waals surface area contributed by atoms with Crippen molar-refractivity contribution in [3.63, 3.8) is 0 Å². The second-order valence-electron chi connectivity index (χ2n) is 6.50. The largest absolute Gasteiger partial charge is 0.365 e. The molecule has 0 aliphatic carbocycles. The lowest BCUT2D eigenvalue weighted by molar-refractivity contribution is 0.0961. The van der Waals surface area contributed by atoms with E-state index in [0.717, 1.165) is 32.4 Å². The van der Waals surface area contributed by atoms with Crippen LogP contribution in [0.1, 0.15) is 66.2 Å². The topological polar surface area (TPSA) is 36.3 Å². The van der Waals surface area contributed by atoms with Crippen molar-refractivity contribution < 1.29 is 4.74 Å². The molecule has 0 aromatic rings. The van der Waals surface area contributed by atoms with Gasteiger partial charge in [-0.15, -0.1) is 11.8 Å². The summed E-state index contributed by atoms with van der Waals surface area (Å²) in [5.41, 5.74) is 0. The van der Waals surface area contributed by atoms with Crippen LogP contribution in [0.25, 0.3) is 0 Å². The van der Waals surface area contributed by atoms with Gasteiger partial charge in [-0.05, 0) is 32.2 Å². The molecule has 3 nitrogen and oxygen atoms in total. The average Bonchev–Trinajstić information content (AvgIpc) is 2.56. The van der Waals surface area contributed by atoms with Gasteiger partial charge in [0.25, 0.3) is 0 Å². The maximum Gasteiger partial charge on any atom is 0.108 e. The smallest absolute Gasteiger partial charge is 0.108 e. The molecule has 0 fully saturated rings. The molecule has 0 radical (unpaired) electrons. The van der Waals surface area contributed by atoms with Crippen LogP contribution in [0.15, 0.2) is 0 Å². The fraction of sp³-hybridized carbons (Fsp3) is 0.762. The molecule has 0 heterocycles. The molecule has 0 aromatic heterocycles. The minimum atomic E-state index is 0.129. The molecule has 0 bridgehead atoms. The third-order valence-corrected chi connectivity index (χ3v) is 3.60. The van der Waals surface area contributed by atoms with E-state index in [0.29, 0.717) is 25.5 Å². The highest BCUT2D eigenvalue weighted by atomic mass is 16.5. The number of ether oxygens (including phenoxy) is 1. The summed E-state index contributed by atoms with van der Waals surface area (Å²) in [5.74, 6) is 13.3. The molecule has 0 saturated heterocycles. The molecule has 24 heavy (non-hydrogen) atoms. The number of rotatable bonds is 11. The van der Waals surface area contributed by atoms with Gasteiger partial charge in [0, 0.05) is 25.8 Å². The van der Waals surface area contributed by atoms with E-state index in [1.165, 1.54) is 12.8 Å². The molecule has 0 N–H and O–H groups in total. The van der Waals surface area contributed by atoms with E-state index in [-0.39, 0.29) is 6.10 Å². The molecule has 0 aliphatic rings. The summed E-state index contributed by atoms with van der Waals surface area (Å²) in [6.45, 7) is 11.6. The van der Waals surface area contributed by atoms with Crippen LogP contribution in [0.4, 0.5) is 0 Å². The molecule has 0 unspecified atom stereocenters. The molecule has 1 atom stereocenters. The van der Waals surface area contributed by atoms with Gasteiger partial charge in [0.15, 0.2) is 0 Å². The van der Waals surface area contributed by atoms with Gasteiger partial charge in [0.1, 0.15) is 6.61 Å². The number of nitriles is 1. The van der Waals surface area contributed by atoms with Crippen molar-refractivity contribution in [2.45, 2.75) is 72.3 Å². The second-order valence-corrected chi connectivity index (χ2v) is 6.50. The van der Waals surface area contributed by atoms with E-state index in [2.05, 4.69) is 55.4 Å². The minimum Gasteiger partial charge on any atom is -0.365 e. The van der Waals surface area contributed by atoms with Crippen LogP contribution in [-0.2, 0) is 4.74 Å². The van der Waals surface area contributed by atoms with Gasteiger partial charge in [-0.25, -0.2) is 0 Å². The van der Waals surface area contributed by atoms with E-state index < -0.39 is 0 Å². The van der Waals surface area contributed by atoms with Gasteiger partial charge in [-0.3, -0.25) is 4.90 Å². The Bertz CT molecular complexity index is 456. The number of hydrogen-bond acceptors (Lipinski definition) is 3. The van der Waals surface area contributed by atoms with E-state index in [1.54, 1.807) is 0 Å². The van der Waals surface area contributed by atoms with Crippen LogP contribution in [0, 0.1) is 40.9 Å². The van der Waals surface area contributed by atoms with Crippen LogP contribution in [0.3, 0.4) is 0 Å². The molecule has 0 amide bonds. The average molecular weight is 331 g/mol. The molecular weight excluding hydrogens is 296 g/mol. The monoisotopic (exact) mass is 330 g/mol. The lowest BCUT2D eigenvalue weighted by Crippen LogP contribution is -2.27. The standard InChI is InChI=1S/C21H34N2O/c1-5-6-7-8-9-13-21(4)24-19-11-10-16-23(17-12-15-22)18-14-20(2)3/h20-21H,5-7,12-14,16-19H2,1-4H3/t21-/m0/s1. The Morgan fingerprint density at radius 1 is 1.00 bits per heavy atom. The zero-order valence-electron chi connectivity index (χ0n) is 16.0. The first-order chi connectivity index (χ1) is 11.6. The predicted molar refractivity (Wildman–Crippen MR) is 101 cm³/mol. The fourth-order valence-electron chi connectivity index (χ4n) is 1.95. The lowest BCUT2D eigenvalue weighted by atomic mass is 10.1. The number of unbranched alkanes of at least 4 members (excludes halogenated alkanes) is 2. The Hall–Kier alpha value is -1.47. The van der Waals surface area contributed by atoms with Gasteiger partial charge in [-0.2, -0.15) is 5.26 Å². The molecule has 134 valence electrons. The van der Waals surface area contributed by atoms with Crippen LogP contribution < -0.4 is 0 Å². The summed E-state index contributed by atoms with van der Waals surface area (Å²) in [7, 11) is 0. The van der Waals surface area contributed by atoms with Crippen LogP contribution >= 0.6 is 0 Å². The molecule has 0 aliphatic heterocycles. The van der Waals surface area contributed by atoms with Gasteiger partial charge < -0.3 is 4.74 Å². The minimum absolute atomic E-state index is 0.129. The third-order valence-electron chi connectivity index (χ3n) is 3.60. The van der Waals surface area contributed by atoms with Crippen molar-refractivity contribution in [1.29, 1.82) is 5.26 Å². The first-order valence-corrected chi connectivity index (χ1v) is 9.22. The van der Waals surface area contributed by atoms with Gasteiger partial charge >= 0.3 is 0 Å². The zero-order valence-corrected chi connectivity index (χ0v) is 16.0. The highest BCUT2D eigenvalue weighted by molar-refractivity contribution is 5.03. The summed E-state index contributed by atoms with van der Waals surface area (Å²) >= 11 is 0. The maximum absolute atomic E-state index is 8.74. The Labute approximate surface area is 149 Å². The lowest BCUT2D eigenvalue weighted by Gasteiger charge is -2.19. The first-order valence-electron chi connectivity index (χ1n) is 9.22. The van der Waals surface area contributed by atoms with Gasteiger partial charge in [-0.1, -0.05) is 39.0 Å². The van der Waals surface area contributed by atoms with Crippen LogP contribution in [0.5, 0.6) is 0 Å². The Balaban J connectivity index is 3.98. The normalized spacial score (nSPS) is 11.4. The molecule has 0 rings (SSSR count). The van der Waals surface area contributed by atoms with Crippen molar-refractivity contribution in [3.05, 3.63) is 0 Å². The van der Waals surface area contributed by atoms with Crippen LogP contribution in [-0.4, -0.2) is 37.2 Å². The Kier molecular flexibility index (Phi) is 15.4. The second kappa shape index (κ2) is 16.4. The summed E-state index contributed by atoms with van der Waals surface area (Å²) in [5, 5.41) is 8.74. The quantitative estimate of drug-likeness (QED) is 0.420.